The Kier molecular flexibility index (Phi) is 5.02. The van der Waals surface area contributed by atoms with Crippen LogP contribution in [0.5, 0.6) is 0 Å². The maximum atomic E-state index is 2.41. The molecule has 0 atom stereocenters. The summed E-state index contributed by atoms with van der Waals surface area (Å²) in [5.74, 6) is 0. The zero-order valence-electron chi connectivity index (χ0n) is 15.4. The third-order valence-electron chi connectivity index (χ3n) is 5.19. The molecule has 0 aliphatic carbocycles. The Bertz CT molecular complexity index is 879. The topological polar surface area (TPSA) is 0 Å². The zero-order valence-corrected chi connectivity index (χ0v) is 20.8. The molecule has 4 heteroatoms. The third-order valence-corrected chi connectivity index (χ3v) is 80.4. The van der Waals surface area contributed by atoms with Crippen molar-refractivity contribution < 1.29 is 0 Å². The van der Waals surface area contributed by atoms with Gasteiger partial charge in [-0.05, 0) is 0 Å². The van der Waals surface area contributed by atoms with Crippen LogP contribution in [0.2, 0.25) is 0 Å². The summed E-state index contributed by atoms with van der Waals surface area (Å²) < 4.78 is 0. The van der Waals surface area contributed by atoms with Crippen LogP contribution in [0.3, 0.4) is 0 Å². The van der Waals surface area contributed by atoms with E-state index in [1.807, 2.05) is 0 Å². The van der Waals surface area contributed by atoms with E-state index in [0.717, 1.165) is 0 Å². The first-order valence-electron chi connectivity index (χ1n) is 9.46. The summed E-state index contributed by atoms with van der Waals surface area (Å²) in [5.41, 5.74) is 0. The predicted octanol–water partition coefficient (Wildman–Crippen LogP) is 1.92. The molecule has 136 valence electrons. The molecule has 1 heterocycles. The van der Waals surface area contributed by atoms with Gasteiger partial charge in [0, 0.05) is 0 Å². The van der Waals surface area contributed by atoms with Gasteiger partial charge in [-0.3, -0.25) is 0 Å². The van der Waals surface area contributed by atoms with Crippen LogP contribution >= 0.6 is 0 Å². The van der Waals surface area contributed by atoms with Crippen molar-refractivity contribution in [3.63, 3.8) is 0 Å². The summed E-state index contributed by atoms with van der Waals surface area (Å²) in [7, 11) is 0. The van der Waals surface area contributed by atoms with Crippen LogP contribution in [-0.4, -0.2) is 37.9 Å². The van der Waals surface area contributed by atoms with Gasteiger partial charge >= 0.3 is 180 Å². The van der Waals surface area contributed by atoms with Crippen LogP contribution in [0.15, 0.2) is 121 Å². The van der Waals surface area contributed by atoms with Crippen molar-refractivity contribution >= 4 is 58.7 Å². The molecule has 0 bridgehead atoms. The monoisotopic (exact) mass is 524 g/mol. The fourth-order valence-electron chi connectivity index (χ4n) is 3.85. The second-order valence-electron chi connectivity index (χ2n) is 6.90. The summed E-state index contributed by atoms with van der Waals surface area (Å²) >= 11 is 1.29. The molecule has 1 saturated heterocycles. The van der Waals surface area contributed by atoms with Gasteiger partial charge in [0.2, 0.25) is 0 Å². The molecule has 0 spiro atoms. The summed E-state index contributed by atoms with van der Waals surface area (Å²) in [4.78, 5) is 0. The quantitative estimate of drug-likeness (QED) is 0.360. The molecule has 1 aliphatic rings. The molecule has 0 amide bonds. The van der Waals surface area contributed by atoms with Crippen LogP contribution in [-0.2, 0) is 0 Å². The van der Waals surface area contributed by atoms with Gasteiger partial charge in [-0.15, -0.1) is 0 Å². The second-order valence-corrected chi connectivity index (χ2v) is 44.3. The standard InChI is InChI=1S/C24H20Se2Si2/c1-5-13-21(14-6-1)27(22-15-7-2-8-16-22)25-28(26-27,23-17-9-3-10-18-23)24-19-11-4-12-20-24/h1-20H. The van der Waals surface area contributed by atoms with E-state index in [9.17, 15) is 0 Å². The number of rotatable bonds is 4. The minimum absolute atomic E-state index is 0.644. The Morgan fingerprint density at radius 3 is 0.750 bits per heavy atom. The number of hydrogen-bond donors (Lipinski definition) is 0. The van der Waals surface area contributed by atoms with E-state index in [0.29, 0.717) is 27.4 Å². The summed E-state index contributed by atoms with van der Waals surface area (Å²) in [5, 5.41) is 3.38. The molecule has 0 radical (unpaired) electrons. The Morgan fingerprint density at radius 2 is 0.536 bits per heavy atom. The molecule has 5 rings (SSSR count). The van der Waals surface area contributed by atoms with Crippen LogP contribution in [0.1, 0.15) is 0 Å². The molecule has 4 aromatic rings. The molecule has 1 fully saturated rings. The van der Waals surface area contributed by atoms with E-state index < -0.39 is 10.6 Å². The van der Waals surface area contributed by atoms with Crippen molar-refractivity contribution in [3.8, 4) is 0 Å². The van der Waals surface area contributed by atoms with Crippen molar-refractivity contribution in [1.29, 1.82) is 0 Å². The van der Waals surface area contributed by atoms with Crippen LogP contribution in [0.4, 0.5) is 0 Å². The van der Waals surface area contributed by atoms with Crippen molar-refractivity contribution in [3.05, 3.63) is 121 Å². The first-order chi connectivity index (χ1) is 13.8. The van der Waals surface area contributed by atoms with Gasteiger partial charge in [-0.1, -0.05) is 0 Å². The minimum atomic E-state index is -1.61. The van der Waals surface area contributed by atoms with Crippen molar-refractivity contribution in [2.24, 2.45) is 0 Å². The number of benzene rings is 4. The van der Waals surface area contributed by atoms with E-state index >= 15 is 0 Å². The second kappa shape index (κ2) is 7.64. The first kappa shape index (κ1) is 18.4. The molecule has 0 saturated carbocycles. The summed E-state index contributed by atoms with van der Waals surface area (Å²) in [6.07, 6.45) is 0. The molecule has 1 aliphatic heterocycles. The molecule has 0 N–H and O–H groups in total. The van der Waals surface area contributed by atoms with E-state index in [2.05, 4.69) is 121 Å². The average Bonchev–Trinajstić information content (AvgIpc) is 2.76. The fraction of sp³-hybridized carbons (Fsp3) is 0. The van der Waals surface area contributed by atoms with Gasteiger partial charge in [0.1, 0.15) is 0 Å². The normalized spacial score (nSPS) is 16.9. The van der Waals surface area contributed by atoms with Crippen LogP contribution in [0, 0.1) is 0 Å². The number of hydrogen-bond acceptors (Lipinski definition) is 0. The van der Waals surface area contributed by atoms with E-state index in [-0.39, 0.29) is 0 Å². The summed E-state index contributed by atoms with van der Waals surface area (Å²) in [6.45, 7) is 0. The molecule has 0 unspecified atom stereocenters. The van der Waals surface area contributed by atoms with Crippen molar-refractivity contribution in [1.82, 2.24) is 0 Å². The molecular formula is C24H20Se2Si2. The van der Waals surface area contributed by atoms with Crippen molar-refractivity contribution in [2.45, 2.75) is 0 Å². The Hall–Kier alpha value is -1.65. The van der Waals surface area contributed by atoms with E-state index in [1.165, 1.54) is 0 Å². The first-order valence-corrected chi connectivity index (χ1v) is 23.4. The van der Waals surface area contributed by atoms with Crippen LogP contribution < -0.4 is 20.7 Å². The molecular weight excluding hydrogens is 502 g/mol. The van der Waals surface area contributed by atoms with Gasteiger partial charge in [0.15, 0.2) is 0 Å². The van der Waals surface area contributed by atoms with Gasteiger partial charge < -0.3 is 0 Å². The Balaban J connectivity index is 1.67. The SMILES string of the molecule is c1ccc([Si]2(c3ccccc3)[Se][Si](c3ccccc3)(c3ccccc3)[Se]2)cc1. The van der Waals surface area contributed by atoms with E-state index in [1.54, 1.807) is 20.7 Å². The summed E-state index contributed by atoms with van der Waals surface area (Å²) in [6, 6.07) is 45.9. The van der Waals surface area contributed by atoms with Gasteiger partial charge in [0.25, 0.3) is 0 Å². The third kappa shape index (κ3) is 3.02. The maximum absolute atomic E-state index is 2.41. The van der Waals surface area contributed by atoms with Gasteiger partial charge in [-0.25, -0.2) is 0 Å². The molecule has 0 aromatic heterocycles. The van der Waals surface area contributed by atoms with Crippen LogP contribution in [0.25, 0.3) is 0 Å². The van der Waals surface area contributed by atoms with Gasteiger partial charge in [-0.2, -0.15) is 0 Å². The molecule has 4 aromatic carbocycles. The van der Waals surface area contributed by atoms with Crippen molar-refractivity contribution in [2.75, 3.05) is 0 Å². The van der Waals surface area contributed by atoms with E-state index in [4.69, 9.17) is 0 Å². The average molecular weight is 523 g/mol. The molecule has 28 heavy (non-hydrogen) atoms. The van der Waals surface area contributed by atoms with Gasteiger partial charge in [0.05, 0.1) is 0 Å². The predicted molar refractivity (Wildman–Crippen MR) is 127 cm³/mol. The molecule has 0 nitrogen and oxygen atoms in total. The fourth-order valence-corrected chi connectivity index (χ4v) is 95.2. The Morgan fingerprint density at radius 1 is 0.321 bits per heavy atom. The zero-order chi connectivity index (χ0) is 18.9. The Labute approximate surface area is 179 Å².